The van der Waals surface area contributed by atoms with Gasteiger partial charge in [-0.05, 0) is 36.1 Å². The highest BCUT2D eigenvalue weighted by atomic mass is 79.9. The van der Waals surface area contributed by atoms with Gasteiger partial charge in [-0.25, -0.2) is 4.98 Å². The lowest BCUT2D eigenvalue weighted by atomic mass is 10.3. The van der Waals surface area contributed by atoms with Crippen LogP contribution in [0.5, 0.6) is 11.6 Å². The Labute approximate surface area is 135 Å². The van der Waals surface area contributed by atoms with Gasteiger partial charge < -0.3 is 10.1 Å². The Morgan fingerprint density at radius 2 is 2.19 bits per heavy atom. The van der Waals surface area contributed by atoms with Gasteiger partial charge in [0.2, 0.25) is 11.8 Å². The monoisotopic (exact) mass is 363 g/mol. The van der Waals surface area contributed by atoms with E-state index in [-0.39, 0.29) is 0 Å². The first-order valence-corrected chi connectivity index (χ1v) is 8.36. The Bertz CT molecular complexity index is 760. The van der Waals surface area contributed by atoms with E-state index in [4.69, 9.17) is 4.74 Å². The number of ether oxygens (including phenoxy) is 1. The summed E-state index contributed by atoms with van der Waals surface area (Å²) in [5.74, 6) is 1.94. The third kappa shape index (κ3) is 3.33. The van der Waals surface area contributed by atoms with Crippen molar-refractivity contribution in [3.05, 3.63) is 40.2 Å². The number of fused-ring (bicyclic) bond motifs is 1. The summed E-state index contributed by atoms with van der Waals surface area (Å²) < 4.78 is 6.91. The van der Waals surface area contributed by atoms with Gasteiger partial charge in [-0.15, -0.1) is 11.3 Å². The zero-order chi connectivity index (χ0) is 14.7. The third-order valence-corrected chi connectivity index (χ3v) is 4.13. The number of thiophene rings is 1. The summed E-state index contributed by atoms with van der Waals surface area (Å²) in [7, 11) is 0. The van der Waals surface area contributed by atoms with E-state index in [1.54, 1.807) is 11.3 Å². The number of nitrogens with zero attached hydrogens (tertiary/aromatic N) is 2. The lowest BCUT2D eigenvalue weighted by Gasteiger charge is -2.09. The van der Waals surface area contributed by atoms with Crippen LogP contribution in [0, 0.1) is 0 Å². The average molecular weight is 364 g/mol. The van der Waals surface area contributed by atoms with Gasteiger partial charge in [-0.1, -0.05) is 28.9 Å². The quantitative estimate of drug-likeness (QED) is 0.687. The van der Waals surface area contributed by atoms with Crippen LogP contribution in [0.1, 0.15) is 13.3 Å². The van der Waals surface area contributed by atoms with Gasteiger partial charge in [0.25, 0.3) is 0 Å². The minimum absolute atomic E-state index is 0.581. The van der Waals surface area contributed by atoms with Crippen molar-refractivity contribution in [2.45, 2.75) is 13.3 Å². The molecule has 1 aromatic carbocycles. The molecule has 6 heteroatoms. The Morgan fingerprint density at radius 1 is 1.29 bits per heavy atom. The molecule has 0 aliphatic rings. The molecule has 2 heterocycles. The van der Waals surface area contributed by atoms with Gasteiger partial charge >= 0.3 is 0 Å². The maximum atomic E-state index is 5.94. The molecule has 0 saturated heterocycles. The number of rotatable bonds is 5. The predicted molar refractivity (Wildman–Crippen MR) is 90.4 cm³/mol. The summed E-state index contributed by atoms with van der Waals surface area (Å²) in [6.45, 7) is 2.95. The molecular formula is C15H14BrN3OS. The van der Waals surface area contributed by atoms with E-state index >= 15 is 0 Å². The molecule has 0 aliphatic heterocycles. The molecule has 108 valence electrons. The molecule has 0 saturated carbocycles. The molecule has 0 aliphatic carbocycles. The second kappa shape index (κ2) is 6.41. The van der Waals surface area contributed by atoms with Crippen molar-refractivity contribution in [2.24, 2.45) is 0 Å². The molecule has 0 fully saturated rings. The molecule has 0 amide bonds. The molecule has 3 rings (SSSR count). The molecule has 0 atom stereocenters. The van der Waals surface area contributed by atoms with Crippen LogP contribution < -0.4 is 10.1 Å². The fourth-order valence-corrected chi connectivity index (χ4v) is 3.00. The molecule has 3 aromatic rings. The van der Waals surface area contributed by atoms with Gasteiger partial charge in [-0.3, -0.25) is 0 Å². The maximum Gasteiger partial charge on any atom is 0.232 e. The first-order valence-electron chi connectivity index (χ1n) is 6.69. The van der Waals surface area contributed by atoms with Gasteiger partial charge in [-0.2, -0.15) is 4.98 Å². The smallest absolute Gasteiger partial charge is 0.232 e. The topological polar surface area (TPSA) is 47.0 Å². The molecule has 0 spiro atoms. The number of hydrogen-bond acceptors (Lipinski definition) is 5. The first-order chi connectivity index (χ1) is 10.3. The van der Waals surface area contributed by atoms with E-state index in [0.29, 0.717) is 11.8 Å². The van der Waals surface area contributed by atoms with E-state index in [1.165, 1.54) is 0 Å². The van der Waals surface area contributed by atoms with Gasteiger partial charge in [0.05, 0.1) is 5.39 Å². The number of nitrogens with one attached hydrogen (secondary N) is 1. The Hall–Kier alpha value is -1.66. The van der Waals surface area contributed by atoms with Crippen LogP contribution >= 0.6 is 27.3 Å². The normalized spacial score (nSPS) is 10.8. The van der Waals surface area contributed by atoms with E-state index in [1.807, 2.05) is 35.7 Å². The van der Waals surface area contributed by atoms with Crippen LogP contribution in [-0.4, -0.2) is 16.5 Å². The molecule has 4 nitrogen and oxygen atoms in total. The zero-order valence-corrected chi connectivity index (χ0v) is 13.9. The van der Waals surface area contributed by atoms with Crippen LogP contribution in [0.15, 0.2) is 40.2 Å². The van der Waals surface area contributed by atoms with Crippen molar-refractivity contribution < 1.29 is 4.74 Å². The van der Waals surface area contributed by atoms with Crippen LogP contribution in [-0.2, 0) is 0 Å². The summed E-state index contributed by atoms with van der Waals surface area (Å²) in [4.78, 5) is 9.91. The number of aromatic nitrogens is 2. The van der Waals surface area contributed by atoms with Crippen molar-refractivity contribution in [1.82, 2.24) is 9.97 Å². The van der Waals surface area contributed by atoms with Crippen LogP contribution in [0.3, 0.4) is 0 Å². The number of anilines is 1. The standard InChI is InChI=1S/C15H14BrN3OS/c1-2-7-17-15-18-13(12-6-8-21-14(12)19-15)20-11-5-3-4-10(16)9-11/h3-6,8-9H,2,7H2,1H3,(H,17,18,19). The number of hydrogen-bond donors (Lipinski definition) is 1. The average Bonchev–Trinajstić information content (AvgIpc) is 2.94. The van der Waals surface area contributed by atoms with Crippen molar-refractivity contribution in [3.8, 4) is 11.6 Å². The molecule has 21 heavy (non-hydrogen) atoms. The molecule has 1 N–H and O–H groups in total. The third-order valence-electron chi connectivity index (χ3n) is 2.83. The minimum Gasteiger partial charge on any atom is -0.438 e. The van der Waals surface area contributed by atoms with Crippen molar-refractivity contribution in [2.75, 3.05) is 11.9 Å². The highest BCUT2D eigenvalue weighted by Gasteiger charge is 2.11. The summed E-state index contributed by atoms with van der Waals surface area (Å²) in [6, 6.07) is 9.70. The minimum atomic E-state index is 0.581. The second-order valence-electron chi connectivity index (χ2n) is 4.48. The Morgan fingerprint density at radius 3 is 3.00 bits per heavy atom. The Kier molecular flexibility index (Phi) is 4.36. The number of benzene rings is 1. The van der Waals surface area contributed by atoms with Gasteiger partial charge in [0.15, 0.2) is 0 Å². The van der Waals surface area contributed by atoms with Crippen LogP contribution in [0.2, 0.25) is 0 Å². The summed E-state index contributed by atoms with van der Waals surface area (Å²) >= 11 is 5.03. The lowest BCUT2D eigenvalue weighted by Crippen LogP contribution is -2.04. The van der Waals surface area contributed by atoms with Crippen LogP contribution in [0.25, 0.3) is 10.2 Å². The van der Waals surface area contributed by atoms with E-state index in [9.17, 15) is 0 Å². The second-order valence-corrected chi connectivity index (χ2v) is 6.29. The molecule has 0 radical (unpaired) electrons. The molecule has 0 unspecified atom stereocenters. The fourth-order valence-electron chi connectivity index (χ4n) is 1.86. The van der Waals surface area contributed by atoms with E-state index in [2.05, 4.69) is 38.1 Å². The Balaban J connectivity index is 1.97. The SMILES string of the molecule is CCCNc1nc(Oc2cccc(Br)c2)c2ccsc2n1. The first kappa shape index (κ1) is 14.3. The number of halogens is 1. The highest BCUT2D eigenvalue weighted by molar-refractivity contribution is 9.10. The summed E-state index contributed by atoms with van der Waals surface area (Å²) in [6.07, 6.45) is 1.02. The van der Waals surface area contributed by atoms with E-state index in [0.717, 1.165) is 33.4 Å². The largest absolute Gasteiger partial charge is 0.438 e. The molecule has 0 bridgehead atoms. The summed E-state index contributed by atoms with van der Waals surface area (Å²) in [5.41, 5.74) is 0. The lowest BCUT2D eigenvalue weighted by molar-refractivity contribution is 0.469. The van der Waals surface area contributed by atoms with E-state index < -0.39 is 0 Å². The maximum absolute atomic E-state index is 5.94. The predicted octanol–water partition coefficient (Wildman–Crippen LogP) is 5.07. The highest BCUT2D eigenvalue weighted by Crippen LogP contribution is 2.32. The van der Waals surface area contributed by atoms with Crippen molar-refractivity contribution in [3.63, 3.8) is 0 Å². The van der Waals surface area contributed by atoms with Crippen LogP contribution in [0.4, 0.5) is 5.95 Å². The van der Waals surface area contributed by atoms with Gasteiger partial charge in [0.1, 0.15) is 10.6 Å². The fraction of sp³-hybridized carbons (Fsp3) is 0.200. The molecule has 2 aromatic heterocycles. The zero-order valence-electron chi connectivity index (χ0n) is 11.5. The molecular weight excluding hydrogens is 350 g/mol. The van der Waals surface area contributed by atoms with Gasteiger partial charge in [0, 0.05) is 11.0 Å². The van der Waals surface area contributed by atoms with Crippen molar-refractivity contribution in [1.29, 1.82) is 0 Å². The van der Waals surface area contributed by atoms with Crippen molar-refractivity contribution >= 4 is 43.4 Å². The summed E-state index contributed by atoms with van der Waals surface area (Å²) in [5, 5.41) is 6.14.